The van der Waals surface area contributed by atoms with Gasteiger partial charge in [-0.2, -0.15) is 0 Å². The highest BCUT2D eigenvalue weighted by molar-refractivity contribution is 8.00. The molecule has 7 heteroatoms. The van der Waals surface area contributed by atoms with Crippen LogP contribution in [0.5, 0.6) is 0 Å². The summed E-state index contributed by atoms with van der Waals surface area (Å²) in [7, 11) is 0. The summed E-state index contributed by atoms with van der Waals surface area (Å²) in [4.78, 5) is 25.9. The number of carboxylic acid groups (broad SMARTS) is 2. The van der Waals surface area contributed by atoms with E-state index in [1.807, 2.05) is 79.4 Å². The molecule has 170 valence electrons. The monoisotopic (exact) mass is 462 g/mol. The van der Waals surface area contributed by atoms with Gasteiger partial charge in [0.05, 0.1) is 18.7 Å². The summed E-state index contributed by atoms with van der Waals surface area (Å²) in [6.07, 6.45) is 5.55. The van der Waals surface area contributed by atoms with E-state index in [2.05, 4.69) is 5.92 Å². The first-order valence-corrected chi connectivity index (χ1v) is 11.3. The van der Waals surface area contributed by atoms with E-state index in [0.717, 1.165) is 32.6 Å². The minimum atomic E-state index is -0.937. The molecule has 3 rings (SSSR count). The Morgan fingerprint density at radius 3 is 2.18 bits per heavy atom. The highest BCUT2D eigenvalue weighted by Crippen LogP contribution is 2.39. The second-order valence-electron chi connectivity index (χ2n) is 7.72. The Bertz CT molecular complexity index is 1200. The van der Waals surface area contributed by atoms with Crippen LogP contribution < -0.4 is 9.21 Å². The molecule has 6 nitrogen and oxygen atoms in total. The van der Waals surface area contributed by atoms with Crippen LogP contribution in [0.4, 0.5) is 11.4 Å². The molecule has 0 fully saturated rings. The van der Waals surface area contributed by atoms with Crippen molar-refractivity contribution in [2.75, 3.05) is 22.3 Å². The van der Waals surface area contributed by atoms with Crippen molar-refractivity contribution in [3.63, 3.8) is 0 Å². The number of nitrogens with zero attached hydrogens (tertiary/aromatic N) is 2. The lowest BCUT2D eigenvalue weighted by atomic mass is 10.0. The minimum Gasteiger partial charge on any atom is -0.481 e. The van der Waals surface area contributed by atoms with Gasteiger partial charge in [-0.15, -0.1) is 6.42 Å². The van der Waals surface area contributed by atoms with Gasteiger partial charge in [-0.1, -0.05) is 48.4 Å². The van der Waals surface area contributed by atoms with Crippen molar-refractivity contribution in [3.8, 4) is 12.3 Å². The molecule has 0 spiro atoms. The van der Waals surface area contributed by atoms with E-state index in [-0.39, 0.29) is 25.6 Å². The maximum atomic E-state index is 11.7. The Morgan fingerprint density at radius 1 is 0.970 bits per heavy atom. The summed E-state index contributed by atoms with van der Waals surface area (Å²) in [5.41, 5.74) is 2.63. The Morgan fingerprint density at radius 2 is 1.58 bits per heavy atom. The largest absolute Gasteiger partial charge is 0.481 e. The number of fused-ring (bicyclic) bond motifs is 1. The van der Waals surface area contributed by atoms with Crippen molar-refractivity contribution in [3.05, 3.63) is 66.2 Å². The van der Waals surface area contributed by atoms with Crippen LogP contribution in [0.1, 0.15) is 18.9 Å². The first-order valence-electron chi connectivity index (χ1n) is 10.5. The number of hydrogen-bond acceptors (Lipinski definition) is 5. The molecule has 0 radical (unpaired) electrons. The van der Waals surface area contributed by atoms with Crippen LogP contribution in [0.3, 0.4) is 0 Å². The van der Waals surface area contributed by atoms with Gasteiger partial charge in [-0.05, 0) is 49.6 Å². The molecular formula is C26H26N2O4S. The van der Waals surface area contributed by atoms with Gasteiger partial charge in [0.2, 0.25) is 0 Å². The highest BCUT2D eigenvalue weighted by Gasteiger charge is 2.22. The molecule has 0 amide bonds. The molecule has 33 heavy (non-hydrogen) atoms. The summed E-state index contributed by atoms with van der Waals surface area (Å²) in [6.45, 7) is 3.89. The molecule has 0 saturated carbocycles. The average Bonchev–Trinajstić information content (AvgIpc) is 2.77. The standard InChI is InChI=1S/C26H26N2O4S/c1-4-15-27(19(3)16-25(29)30)22-13-14-23(21-11-7-6-10-20(21)22)28(17-26(31)32)33-24-12-8-5-9-18(24)2/h1,5-14,19H,15-17H2,2-3H3,(H,29,30)(H,31,32)/t19-/m0/s1. The molecule has 1 atom stereocenters. The SMILES string of the molecule is C#CCN(c1ccc(N(CC(=O)O)Sc2ccccc2C)c2ccccc12)[C@@H](C)CC(=O)O. The number of terminal acetylenes is 1. The van der Waals surface area contributed by atoms with Crippen molar-refractivity contribution < 1.29 is 19.8 Å². The molecule has 0 heterocycles. The van der Waals surface area contributed by atoms with E-state index < -0.39 is 11.9 Å². The Labute approximate surface area is 198 Å². The van der Waals surface area contributed by atoms with Gasteiger partial charge in [-0.3, -0.25) is 9.59 Å². The first kappa shape index (κ1) is 24.0. The second kappa shape index (κ2) is 10.8. The van der Waals surface area contributed by atoms with Crippen molar-refractivity contribution >= 4 is 46.0 Å². The number of aliphatic carboxylic acids is 2. The third-order valence-electron chi connectivity index (χ3n) is 5.30. The predicted molar refractivity (Wildman–Crippen MR) is 134 cm³/mol. The van der Waals surface area contributed by atoms with E-state index in [1.54, 1.807) is 4.31 Å². The molecule has 0 bridgehead atoms. The van der Waals surface area contributed by atoms with Crippen LogP contribution in [-0.2, 0) is 9.59 Å². The van der Waals surface area contributed by atoms with Gasteiger partial charge in [0, 0.05) is 27.4 Å². The number of carboxylic acids is 2. The number of hydrogen-bond donors (Lipinski definition) is 2. The third-order valence-corrected chi connectivity index (χ3v) is 6.50. The van der Waals surface area contributed by atoms with Gasteiger partial charge in [0.1, 0.15) is 6.54 Å². The van der Waals surface area contributed by atoms with E-state index in [9.17, 15) is 19.8 Å². The first-order chi connectivity index (χ1) is 15.8. The van der Waals surface area contributed by atoms with E-state index >= 15 is 0 Å². The van der Waals surface area contributed by atoms with Gasteiger partial charge in [0.25, 0.3) is 0 Å². The molecule has 3 aromatic rings. The Kier molecular flexibility index (Phi) is 7.86. The molecule has 0 aromatic heterocycles. The number of rotatable bonds is 10. The van der Waals surface area contributed by atoms with Crippen molar-refractivity contribution in [2.24, 2.45) is 0 Å². The molecule has 3 aromatic carbocycles. The third kappa shape index (κ3) is 5.79. The quantitative estimate of drug-likeness (QED) is 0.322. The fourth-order valence-corrected chi connectivity index (χ4v) is 4.76. The Balaban J connectivity index is 2.12. The molecule has 2 N–H and O–H groups in total. The molecule has 0 aliphatic carbocycles. The molecular weight excluding hydrogens is 436 g/mol. The maximum absolute atomic E-state index is 11.7. The van der Waals surface area contributed by atoms with Crippen LogP contribution in [0.15, 0.2) is 65.6 Å². The minimum absolute atomic E-state index is 0.0496. The lowest BCUT2D eigenvalue weighted by Crippen LogP contribution is -2.35. The van der Waals surface area contributed by atoms with Crippen LogP contribution >= 0.6 is 11.9 Å². The lowest BCUT2D eigenvalue weighted by molar-refractivity contribution is -0.137. The second-order valence-corrected chi connectivity index (χ2v) is 8.78. The zero-order valence-electron chi connectivity index (χ0n) is 18.6. The van der Waals surface area contributed by atoms with Gasteiger partial charge in [-0.25, -0.2) is 0 Å². The topological polar surface area (TPSA) is 81.1 Å². The van der Waals surface area contributed by atoms with E-state index in [4.69, 9.17) is 6.42 Å². The van der Waals surface area contributed by atoms with Crippen LogP contribution in [0.25, 0.3) is 10.8 Å². The Hall–Kier alpha value is -3.63. The number of anilines is 2. The zero-order valence-corrected chi connectivity index (χ0v) is 19.4. The van der Waals surface area contributed by atoms with E-state index in [1.165, 1.54) is 11.9 Å². The average molecular weight is 463 g/mol. The van der Waals surface area contributed by atoms with E-state index in [0.29, 0.717) is 0 Å². The van der Waals surface area contributed by atoms with Crippen molar-refractivity contribution in [1.29, 1.82) is 0 Å². The molecule has 0 aliphatic rings. The predicted octanol–water partition coefficient (Wildman–Crippen LogP) is 5.05. The maximum Gasteiger partial charge on any atom is 0.324 e. The molecule has 0 aliphatic heterocycles. The van der Waals surface area contributed by atoms with Crippen molar-refractivity contribution in [2.45, 2.75) is 31.2 Å². The molecule has 0 saturated heterocycles. The number of aryl methyl sites for hydroxylation is 1. The fraction of sp³-hybridized carbons (Fsp3) is 0.231. The summed E-state index contributed by atoms with van der Waals surface area (Å²) >= 11 is 1.38. The van der Waals surface area contributed by atoms with Crippen LogP contribution in [0.2, 0.25) is 0 Å². The summed E-state index contributed by atoms with van der Waals surface area (Å²) < 4.78 is 1.77. The summed E-state index contributed by atoms with van der Waals surface area (Å²) in [5.74, 6) is 0.796. The number of carbonyl (C=O) groups is 2. The lowest BCUT2D eigenvalue weighted by Gasteiger charge is -2.31. The molecule has 0 unspecified atom stereocenters. The van der Waals surface area contributed by atoms with Gasteiger partial charge < -0.3 is 19.4 Å². The summed E-state index contributed by atoms with van der Waals surface area (Å²) in [6, 6.07) is 19.0. The van der Waals surface area contributed by atoms with Crippen LogP contribution in [-0.4, -0.2) is 41.3 Å². The fourth-order valence-electron chi connectivity index (χ4n) is 3.74. The summed E-state index contributed by atoms with van der Waals surface area (Å²) in [5, 5.41) is 20.6. The number of benzene rings is 3. The van der Waals surface area contributed by atoms with Gasteiger partial charge in [0.15, 0.2) is 0 Å². The highest BCUT2D eigenvalue weighted by atomic mass is 32.2. The van der Waals surface area contributed by atoms with Crippen LogP contribution in [0, 0.1) is 19.3 Å². The zero-order chi connectivity index (χ0) is 24.0. The normalized spacial score (nSPS) is 11.5. The van der Waals surface area contributed by atoms with Gasteiger partial charge >= 0.3 is 11.9 Å². The van der Waals surface area contributed by atoms with Crippen molar-refractivity contribution in [1.82, 2.24) is 0 Å². The smallest absolute Gasteiger partial charge is 0.324 e.